The maximum absolute atomic E-state index is 5.79. The number of amidine groups is 1. The fourth-order valence-corrected chi connectivity index (χ4v) is 2.59. The van der Waals surface area contributed by atoms with Gasteiger partial charge in [0.25, 0.3) is 6.02 Å². The summed E-state index contributed by atoms with van der Waals surface area (Å²) >= 11 is 0. The smallest absolute Gasteiger partial charge is 0.283 e. The van der Waals surface area contributed by atoms with Crippen molar-refractivity contribution in [3.63, 3.8) is 0 Å². The van der Waals surface area contributed by atoms with Crippen molar-refractivity contribution in [1.29, 1.82) is 0 Å². The van der Waals surface area contributed by atoms with E-state index in [4.69, 9.17) is 24.7 Å². The van der Waals surface area contributed by atoms with Gasteiger partial charge in [-0.2, -0.15) is 0 Å². The lowest BCUT2D eigenvalue weighted by Gasteiger charge is -2.29. The molecule has 2 unspecified atom stereocenters. The van der Waals surface area contributed by atoms with Crippen LogP contribution < -0.4 is 19.9 Å². The molecular weight excluding hydrogens is 284 g/mol. The second-order valence-electron chi connectivity index (χ2n) is 6.28. The van der Waals surface area contributed by atoms with Crippen LogP contribution in [0, 0.1) is 5.41 Å². The van der Waals surface area contributed by atoms with Gasteiger partial charge in [0.1, 0.15) is 6.04 Å². The van der Waals surface area contributed by atoms with E-state index in [1.807, 2.05) is 12.1 Å². The normalized spacial score (nSPS) is 21.1. The monoisotopic (exact) mass is 308 g/mol. The number of rotatable bonds is 4. The molecule has 0 bridgehead atoms. The highest BCUT2D eigenvalue weighted by atomic mass is 16.5. The summed E-state index contributed by atoms with van der Waals surface area (Å²) in [5.74, 6) is 1.71. The molecule has 0 radical (unpaired) electrons. The van der Waals surface area contributed by atoms with E-state index in [1.165, 1.54) is 0 Å². The van der Waals surface area contributed by atoms with E-state index in [0.717, 1.165) is 5.56 Å². The molecular formula is C16H24N2O4. The van der Waals surface area contributed by atoms with Crippen molar-refractivity contribution < 1.29 is 18.9 Å². The average Bonchev–Trinajstić information content (AvgIpc) is 2.87. The van der Waals surface area contributed by atoms with Crippen LogP contribution in [0.2, 0.25) is 0 Å². The summed E-state index contributed by atoms with van der Waals surface area (Å²) in [5.41, 5.74) is 6.58. The lowest BCUT2D eigenvalue weighted by Crippen LogP contribution is -2.29. The lowest BCUT2D eigenvalue weighted by atomic mass is 9.82. The van der Waals surface area contributed by atoms with Gasteiger partial charge in [0.15, 0.2) is 17.6 Å². The van der Waals surface area contributed by atoms with Gasteiger partial charge < -0.3 is 24.7 Å². The van der Waals surface area contributed by atoms with Crippen LogP contribution >= 0.6 is 0 Å². The third kappa shape index (κ3) is 2.91. The molecule has 2 rings (SSSR count). The van der Waals surface area contributed by atoms with Gasteiger partial charge in [-0.05, 0) is 17.5 Å². The summed E-state index contributed by atoms with van der Waals surface area (Å²) < 4.78 is 21.9. The van der Waals surface area contributed by atoms with E-state index in [9.17, 15) is 0 Å². The van der Waals surface area contributed by atoms with Crippen LogP contribution in [0.1, 0.15) is 32.4 Å². The van der Waals surface area contributed by atoms with Gasteiger partial charge in [-0.25, -0.2) is 4.99 Å². The Morgan fingerprint density at radius 1 is 1.05 bits per heavy atom. The Morgan fingerprint density at radius 3 is 2.00 bits per heavy atom. The van der Waals surface area contributed by atoms with Gasteiger partial charge in [0.2, 0.25) is 5.75 Å². The van der Waals surface area contributed by atoms with E-state index < -0.39 is 0 Å². The molecule has 0 saturated carbocycles. The summed E-state index contributed by atoms with van der Waals surface area (Å²) in [4.78, 5) is 4.43. The molecule has 0 fully saturated rings. The first-order valence-corrected chi connectivity index (χ1v) is 7.11. The zero-order valence-electron chi connectivity index (χ0n) is 14.0. The molecule has 1 aliphatic rings. The second-order valence-corrected chi connectivity index (χ2v) is 6.28. The Hall–Kier alpha value is -2.11. The van der Waals surface area contributed by atoms with Crippen LogP contribution in [0.25, 0.3) is 0 Å². The molecule has 2 N–H and O–H groups in total. The van der Waals surface area contributed by atoms with Gasteiger partial charge in [-0.1, -0.05) is 20.8 Å². The van der Waals surface area contributed by atoms with Crippen molar-refractivity contribution in [1.82, 2.24) is 0 Å². The molecule has 0 amide bonds. The SMILES string of the molecule is COc1cc(C2OC(N)=NC2C(C)(C)C)cc(OC)c1OC. The fourth-order valence-electron chi connectivity index (χ4n) is 2.59. The van der Waals surface area contributed by atoms with E-state index >= 15 is 0 Å². The van der Waals surface area contributed by atoms with Crippen LogP contribution in [0.15, 0.2) is 17.1 Å². The Kier molecular flexibility index (Phi) is 4.39. The molecule has 0 aliphatic carbocycles. The molecule has 0 aromatic heterocycles. The third-order valence-corrected chi connectivity index (χ3v) is 3.70. The molecule has 122 valence electrons. The van der Waals surface area contributed by atoms with Crippen molar-refractivity contribution >= 4 is 6.02 Å². The van der Waals surface area contributed by atoms with Crippen molar-refractivity contribution in [3.8, 4) is 17.2 Å². The molecule has 1 aromatic rings. The average molecular weight is 308 g/mol. The van der Waals surface area contributed by atoms with Crippen molar-refractivity contribution in [2.75, 3.05) is 21.3 Å². The number of aliphatic imine (C=N–C) groups is 1. The van der Waals surface area contributed by atoms with E-state index in [-0.39, 0.29) is 23.6 Å². The lowest BCUT2D eigenvalue weighted by molar-refractivity contribution is 0.137. The van der Waals surface area contributed by atoms with Crippen LogP contribution in [-0.2, 0) is 4.74 Å². The molecule has 1 aliphatic heterocycles. The van der Waals surface area contributed by atoms with Gasteiger partial charge >= 0.3 is 0 Å². The van der Waals surface area contributed by atoms with Gasteiger partial charge in [-0.3, -0.25) is 0 Å². The number of hydrogen-bond acceptors (Lipinski definition) is 6. The second kappa shape index (κ2) is 5.94. The zero-order valence-corrected chi connectivity index (χ0v) is 14.0. The number of benzene rings is 1. The molecule has 0 spiro atoms. The van der Waals surface area contributed by atoms with E-state index in [2.05, 4.69) is 25.8 Å². The summed E-state index contributed by atoms with van der Waals surface area (Å²) in [6, 6.07) is 3.87. The largest absolute Gasteiger partial charge is 0.493 e. The maximum atomic E-state index is 5.79. The first kappa shape index (κ1) is 16.3. The van der Waals surface area contributed by atoms with E-state index in [0.29, 0.717) is 17.2 Å². The number of nitrogens with two attached hydrogens (primary N) is 1. The highest BCUT2D eigenvalue weighted by Crippen LogP contribution is 2.44. The predicted molar refractivity (Wildman–Crippen MR) is 84.8 cm³/mol. The van der Waals surface area contributed by atoms with Crippen LogP contribution in [-0.4, -0.2) is 33.4 Å². The summed E-state index contributed by atoms with van der Waals surface area (Å²) in [6.07, 6.45) is -0.284. The minimum absolute atomic E-state index is 0.0877. The first-order valence-electron chi connectivity index (χ1n) is 7.11. The minimum atomic E-state index is -0.284. The third-order valence-electron chi connectivity index (χ3n) is 3.70. The molecule has 2 atom stereocenters. The zero-order chi connectivity index (χ0) is 16.5. The fraction of sp³-hybridized carbons (Fsp3) is 0.562. The Labute approximate surface area is 131 Å². The summed E-state index contributed by atoms with van der Waals surface area (Å²) in [5, 5.41) is 0. The van der Waals surface area contributed by atoms with Gasteiger partial charge in [-0.15, -0.1) is 0 Å². The maximum Gasteiger partial charge on any atom is 0.283 e. The highest BCUT2D eigenvalue weighted by molar-refractivity contribution is 5.74. The van der Waals surface area contributed by atoms with Crippen molar-refractivity contribution in [2.24, 2.45) is 16.1 Å². The quantitative estimate of drug-likeness (QED) is 0.925. The van der Waals surface area contributed by atoms with Crippen molar-refractivity contribution in [2.45, 2.75) is 32.9 Å². The standard InChI is InChI=1S/C16H24N2O4/c1-16(2,3)14-12(22-15(17)18-14)9-7-10(19-4)13(21-6)11(8-9)20-5/h7-8,12,14H,1-6H3,(H2,17,18). The molecule has 0 saturated heterocycles. The molecule has 1 heterocycles. The number of nitrogens with zero attached hydrogens (tertiary/aromatic N) is 1. The van der Waals surface area contributed by atoms with Crippen molar-refractivity contribution in [3.05, 3.63) is 17.7 Å². The number of methoxy groups -OCH3 is 3. The number of hydrogen-bond donors (Lipinski definition) is 1. The van der Waals surface area contributed by atoms with Gasteiger partial charge in [0, 0.05) is 5.56 Å². The van der Waals surface area contributed by atoms with Crippen LogP contribution in [0.4, 0.5) is 0 Å². The van der Waals surface area contributed by atoms with Crippen LogP contribution in [0.5, 0.6) is 17.2 Å². The topological polar surface area (TPSA) is 75.3 Å². The molecule has 22 heavy (non-hydrogen) atoms. The first-order chi connectivity index (χ1) is 10.3. The minimum Gasteiger partial charge on any atom is -0.493 e. The Balaban J connectivity index is 2.48. The molecule has 1 aromatic carbocycles. The Morgan fingerprint density at radius 2 is 1.59 bits per heavy atom. The molecule has 6 nitrogen and oxygen atoms in total. The highest BCUT2D eigenvalue weighted by Gasteiger charge is 2.40. The summed E-state index contributed by atoms with van der Waals surface area (Å²) in [6.45, 7) is 6.32. The van der Waals surface area contributed by atoms with Gasteiger partial charge in [0.05, 0.1) is 21.3 Å². The Bertz CT molecular complexity index is 553. The van der Waals surface area contributed by atoms with Crippen LogP contribution in [0.3, 0.4) is 0 Å². The molecule has 6 heteroatoms. The number of ether oxygens (including phenoxy) is 4. The summed E-state index contributed by atoms with van der Waals surface area (Å²) in [7, 11) is 4.75. The van der Waals surface area contributed by atoms with E-state index in [1.54, 1.807) is 21.3 Å². The predicted octanol–water partition coefficient (Wildman–Crippen LogP) is 2.51.